The van der Waals surface area contributed by atoms with E-state index in [2.05, 4.69) is 0 Å². The van der Waals surface area contributed by atoms with E-state index in [0.29, 0.717) is 5.75 Å². The highest BCUT2D eigenvalue weighted by Crippen LogP contribution is 2.51. The first-order valence-electron chi connectivity index (χ1n) is 4.70. The third kappa shape index (κ3) is 1.34. The summed E-state index contributed by atoms with van der Waals surface area (Å²) in [5, 5.41) is 19.0. The Balaban J connectivity index is 2.36. The molecule has 1 aromatic rings. The zero-order valence-corrected chi connectivity index (χ0v) is 8.16. The molecule has 1 aromatic carbocycles. The molecule has 14 heavy (non-hydrogen) atoms. The number of phenols is 1. The Morgan fingerprint density at radius 2 is 2.14 bits per heavy atom. The molecule has 0 aromatic heterocycles. The molecule has 3 nitrogen and oxygen atoms in total. The van der Waals surface area contributed by atoms with Crippen LogP contribution < -0.4 is 4.74 Å². The van der Waals surface area contributed by atoms with E-state index in [0.717, 1.165) is 18.4 Å². The topological polar surface area (TPSA) is 49.7 Å². The smallest absolute Gasteiger partial charge is 0.123 e. The molecule has 0 unspecified atom stereocenters. The number of aromatic hydroxyl groups is 1. The van der Waals surface area contributed by atoms with Gasteiger partial charge >= 0.3 is 0 Å². The van der Waals surface area contributed by atoms with Crippen molar-refractivity contribution >= 4 is 0 Å². The maximum Gasteiger partial charge on any atom is 0.123 e. The Labute approximate surface area is 83.0 Å². The molecule has 0 atom stereocenters. The van der Waals surface area contributed by atoms with Gasteiger partial charge in [0.15, 0.2) is 0 Å². The van der Waals surface area contributed by atoms with E-state index < -0.39 is 0 Å². The number of rotatable bonds is 3. The lowest BCUT2D eigenvalue weighted by Crippen LogP contribution is -2.11. The average molecular weight is 194 g/mol. The van der Waals surface area contributed by atoms with Gasteiger partial charge in [0.2, 0.25) is 0 Å². The zero-order chi connectivity index (χ0) is 10.2. The summed E-state index contributed by atoms with van der Waals surface area (Å²) < 4.78 is 4.99. The average Bonchev–Trinajstić information content (AvgIpc) is 2.98. The summed E-state index contributed by atoms with van der Waals surface area (Å²) in [6, 6.07) is 5.23. The predicted octanol–water partition coefficient (Wildman–Crippen LogP) is 1.42. The largest absolute Gasteiger partial charge is 0.508 e. The number of phenolic OH excluding ortho intramolecular Hbond substituents is 1. The van der Waals surface area contributed by atoms with Crippen LogP contribution in [-0.2, 0) is 5.41 Å². The summed E-state index contributed by atoms with van der Waals surface area (Å²) in [5.41, 5.74) is 0.650. The van der Waals surface area contributed by atoms with Crippen LogP contribution in [0.15, 0.2) is 18.2 Å². The van der Waals surface area contributed by atoms with Crippen molar-refractivity contribution in [3.63, 3.8) is 0 Å². The van der Waals surface area contributed by atoms with E-state index in [1.54, 1.807) is 13.2 Å². The number of aliphatic hydroxyl groups excluding tert-OH is 1. The molecule has 1 aliphatic carbocycles. The first-order valence-corrected chi connectivity index (χ1v) is 4.70. The summed E-state index contributed by atoms with van der Waals surface area (Å²) in [7, 11) is 1.56. The summed E-state index contributed by atoms with van der Waals surface area (Å²) in [6.07, 6.45) is 1.90. The molecule has 0 bridgehead atoms. The van der Waals surface area contributed by atoms with Crippen LogP contribution in [0.3, 0.4) is 0 Å². The third-order valence-corrected chi connectivity index (χ3v) is 2.93. The van der Waals surface area contributed by atoms with Gasteiger partial charge in [-0.05, 0) is 18.9 Å². The Kier molecular flexibility index (Phi) is 2.11. The Morgan fingerprint density at radius 3 is 2.57 bits per heavy atom. The monoisotopic (exact) mass is 194 g/mol. The van der Waals surface area contributed by atoms with E-state index in [9.17, 15) is 10.2 Å². The van der Waals surface area contributed by atoms with Gasteiger partial charge < -0.3 is 14.9 Å². The fourth-order valence-corrected chi connectivity index (χ4v) is 1.75. The van der Waals surface area contributed by atoms with E-state index in [-0.39, 0.29) is 17.8 Å². The van der Waals surface area contributed by atoms with Gasteiger partial charge in [0.1, 0.15) is 11.5 Å². The molecule has 0 aliphatic heterocycles. The fraction of sp³-hybridized carbons (Fsp3) is 0.455. The molecule has 0 radical (unpaired) electrons. The van der Waals surface area contributed by atoms with Crippen molar-refractivity contribution in [3.05, 3.63) is 23.8 Å². The van der Waals surface area contributed by atoms with Crippen LogP contribution in [0.4, 0.5) is 0 Å². The van der Waals surface area contributed by atoms with Crippen LogP contribution in [0.1, 0.15) is 18.4 Å². The maximum absolute atomic E-state index is 9.74. The normalized spacial score (nSPS) is 17.9. The lowest BCUT2D eigenvalue weighted by atomic mass is 9.96. The molecule has 0 spiro atoms. The molecule has 0 saturated heterocycles. The molecular weight excluding hydrogens is 180 g/mol. The minimum Gasteiger partial charge on any atom is -0.508 e. The Bertz CT molecular complexity index is 342. The number of methoxy groups -OCH3 is 1. The number of aliphatic hydroxyl groups is 1. The van der Waals surface area contributed by atoms with Crippen molar-refractivity contribution in [2.75, 3.05) is 13.7 Å². The summed E-state index contributed by atoms with van der Waals surface area (Å²) in [6.45, 7) is 0.104. The summed E-state index contributed by atoms with van der Waals surface area (Å²) in [5.74, 6) is 0.857. The van der Waals surface area contributed by atoms with Crippen molar-refractivity contribution in [1.29, 1.82) is 0 Å². The standard InChI is InChI=1S/C11H14O3/c1-14-8-2-3-9(10(13)6-8)11(7-12)4-5-11/h2-3,6,12-13H,4-5,7H2,1H3. The van der Waals surface area contributed by atoms with Crippen LogP contribution in [0.25, 0.3) is 0 Å². The Hall–Kier alpha value is -1.22. The minimum atomic E-state index is -0.184. The van der Waals surface area contributed by atoms with Crippen LogP contribution >= 0.6 is 0 Å². The van der Waals surface area contributed by atoms with E-state index in [1.165, 1.54) is 0 Å². The SMILES string of the molecule is COc1ccc(C2(CO)CC2)c(O)c1. The molecule has 0 amide bonds. The van der Waals surface area contributed by atoms with Gasteiger partial charge in [-0.3, -0.25) is 0 Å². The van der Waals surface area contributed by atoms with Crippen molar-refractivity contribution in [1.82, 2.24) is 0 Å². The van der Waals surface area contributed by atoms with Crippen molar-refractivity contribution in [2.45, 2.75) is 18.3 Å². The van der Waals surface area contributed by atoms with E-state index >= 15 is 0 Å². The van der Waals surface area contributed by atoms with Gasteiger partial charge in [0, 0.05) is 17.0 Å². The second-order valence-corrected chi connectivity index (χ2v) is 3.82. The predicted molar refractivity (Wildman–Crippen MR) is 52.7 cm³/mol. The lowest BCUT2D eigenvalue weighted by Gasteiger charge is -2.14. The van der Waals surface area contributed by atoms with Crippen molar-refractivity contribution < 1.29 is 14.9 Å². The van der Waals surface area contributed by atoms with Gasteiger partial charge in [-0.15, -0.1) is 0 Å². The lowest BCUT2D eigenvalue weighted by molar-refractivity contribution is 0.252. The summed E-state index contributed by atoms with van der Waals surface area (Å²) >= 11 is 0. The van der Waals surface area contributed by atoms with Gasteiger partial charge in [-0.25, -0.2) is 0 Å². The van der Waals surface area contributed by atoms with Gasteiger partial charge in [-0.1, -0.05) is 6.07 Å². The first kappa shape index (κ1) is 9.34. The number of benzene rings is 1. The molecular formula is C11H14O3. The number of hydrogen-bond donors (Lipinski definition) is 2. The van der Waals surface area contributed by atoms with E-state index in [4.69, 9.17) is 4.74 Å². The Morgan fingerprint density at radius 1 is 1.43 bits per heavy atom. The van der Waals surface area contributed by atoms with Crippen LogP contribution in [0.5, 0.6) is 11.5 Å². The molecule has 2 N–H and O–H groups in total. The highest BCUT2D eigenvalue weighted by Gasteiger charge is 2.45. The highest BCUT2D eigenvalue weighted by molar-refractivity contribution is 5.46. The van der Waals surface area contributed by atoms with Crippen LogP contribution in [-0.4, -0.2) is 23.9 Å². The molecule has 76 valence electrons. The molecule has 2 rings (SSSR count). The van der Waals surface area contributed by atoms with Gasteiger partial charge in [-0.2, -0.15) is 0 Å². The highest BCUT2D eigenvalue weighted by atomic mass is 16.5. The van der Waals surface area contributed by atoms with E-state index in [1.807, 2.05) is 12.1 Å². The molecule has 1 aliphatic rings. The molecule has 1 fully saturated rings. The van der Waals surface area contributed by atoms with Crippen molar-refractivity contribution in [3.8, 4) is 11.5 Å². The second-order valence-electron chi connectivity index (χ2n) is 3.82. The molecule has 0 heterocycles. The van der Waals surface area contributed by atoms with Gasteiger partial charge in [0.05, 0.1) is 13.7 Å². The van der Waals surface area contributed by atoms with Crippen molar-refractivity contribution in [2.24, 2.45) is 0 Å². The molecule has 3 heteroatoms. The maximum atomic E-state index is 9.74. The van der Waals surface area contributed by atoms with Crippen LogP contribution in [0.2, 0.25) is 0 Å². The van der Waals surface area contributed by atoms with Crippen LogP contribution in [0, 0.1) is 0 Å². The second kappa shape index (κ2) is 3.17. The first-order chi connectivity index (χ1) is 6.72. The summed E-state index contributed by atoms with van der Waals surface area (Å²) in [4.78, 5) is 0. The number of ether oxygens (including phenoxy) is 1. The quantitative estimate of drug-likeness (QED) is 0.765. The number of hydrogen-bond acceptors (Lipinski definition) is 3. The minimum absolute atomic E-state index is 0.104. The zero-order valence-electron chi connectivity index (χ0n) is 8.16. The van der Waals surface area contributed by atoms with Gasteiger partial charge in [0.25, 0.3) is 0 Å². The fourth-order valence-electron chi connectivity index (χ4n) is 1.75. The third-order valence-electron chi connectivity index (χ3n) is 2.93. The molecule has 1 saturated carbocycles.